The van der Waals surface area contributed by atoms with Crippen molar-refractivity contribution < 1.29 is 0 Å². The molecular formula is C31H32N2. The lowest BCUT2D eigenvalue weighted by molar-refractivity contribution is 0.766. The molecular weight excluding hydrogens is 400 g/mol. The van der Waals surface area contributed by atoms with Crippen molar-refractivity contribution in [1.29, 1.82) is 0 Å². The van der Waals surface area contributed by atoms with E-state index in [9.17, 15) is 0 Å². The molecule has 0 bridgehead atoms. The van der Waals surface area contributed by atoms with Gasteiger partial charge in [-0.25, -0.2) is 0 Å². The van der Waals surface area contributed by atoms with Crippen LogP contribution in [-0.2, 0) is 5.41 Å². The van der Waals surface area contributed by atoms with Gasteiger partial charge in [0, 0.05) is 38.6 Å². The second kappa shape index (κ2) is 8.44. The van der Waals surface area contributed by atoms with E-state index in [0.29, 0.717) is 0 Å². The van der Waals surface area contributed by atoms with Crippen molar-refractivity contribution in [3.63, 3.8) is 0 Å². The molecule has 0 unspecified atom stereocenters. The summed E-state index contributed by atoms with van der Waals surface area (Å²) in [4.78, 5) is 4.62. The predicted molar refractivity (Wildman–Crippen MR) is 142 cm³/mol. The van der Waals surface area contributed by atoms with Gasteiger partial charge in [-0.2, -0.15) is 0 Å². The molecule has 1 aliphatic carbocycles. The first-order valence-corrected chi connectivity index (χ1v) is 11.9. The van der Waals surface area contributed by atoms with Crippen molar-refractivity contribution in [2.75, 3.05) is 37.0 Å². The first-order chi connectivity index (χ1) is 16.1. The van der Waals surface area contributed by atoms with Gasteiger partial charge in [0.15, 0.2) is 0 Å². The first-order valence-electron chi connectivity index (χ1n) is 11.9. The van der Waals surface area contributed by atoms with E-state index in [0.717, 1.165) is 13.1 Å². The molecule has 4 aromatic carbocycles. The summed E-state index contributed by atoms with van der Waals surface area (Å²) in [6.45, 7) is 6.35. The highest BCUT2D eigenvalue weighted by Crippen LogP contribution is 2.56. The minimum Gasteiger partial charge on any atom is -0.375 e. The highest BCUT2D eigenvalue weighted by Gasteiger charge is 2.46. The highest BCUT2D eigenvalue weighted by molar-refractivity contribution is 5.86. The van der Waals surface area contributed by atoms with Gasteiger partial charge in [0.05, 0.1) is 5.41 Å². The zero-order chi connectivity index (χ0) is 23.0. The second-order valence-corrected chi connectivity index (χ2v) is 8.97. The van der Waals surface area contributed by atoms with Crippen LogP contribution in [0.2, 0.25) is 0 Å². The van der Waals surface area contributed by atoms with Crippen LogP contribution in [0.4, 0.5) is 11.4 Å². The maximum Gasteiger partial charge on any atom is 0.0715 e. The standard InChI is InChI=1S/C31H32N2/c1-5-32(3)25-15-11-13-23(21-25)31(24-14-12-16-26(22-24)33(4)6-2)29-19-9-7-17-27(29)28-18-8-10-20-30(28)31/h7-22H,5-6H2,1-4H3. The summed E-state index contributed by atoms with van der Waals surface area (Å²) in [7, 11) is 4.33. The predicted octanol–water partition coefficient (Wildman–Crippen LogP) is 6.96. The molecule has 2 heteroatoms. The topological polar surface area (TPSA) is 6.48 Å². The summed E-state index contributed by atoms with van der Waals surface area (Å²) < 4.78 is 0. The van der Waals surface area contributed by atoms with Crippen LogP contribution in [0.25, 0.3) is 11.1 Å². The molecule has 0 saturated carbocycles. The van der Waals surface area contributed by atoms with Gasteiger partial charge in [0.2, 0.25) is 0 Å². The van der Waals surface area contributed by atoms with Crippen LogP contribution in [-0.4, -0.2) is 27.2 Å². The van der Waals surface area contributed by atoms with Gasteiger partial charge >= 0.3 is 0 Å². The number of hydrogen-bond acceptors (Lipinski definition) is 2. The van der Waals surface area contributed by atoms with Crippen molar-refractivity contribution >= 4 is 11.4 Å². The van der Waals surface area contributed by atoms with E-state index in [1.807, 2.05) is 0 Å². The molecule has 2 nitrogen and oxygen atoms in total. The lowest BCUT2D eigenvalue weighted by Gasteiger charge is -2.35. The van der Waals surface area contributed by atoms with Crippen LogP contribution in [0.1, 0.15) is 36.1 Å². The number of rotatable bonds is 6. The minimum atomic E-state index is -0.359. The largest absolute Gasteiger partial charge is 0.375 e. The lowest BCUT2D eigenvalue weighted by atomic mass is 9.67. The molecule has 0 aromatic heterocycles. The number of fused-ring (bicyclic) bond motifs is 3. The molecule has 1 aliphatic rings. The first kappa shape index (κ1) is 21.3. The van der Waals surface area contributed by atoms with Crippen molar-refractivity contribution in [3.8, 4) is 11.1 Å². The normalized spacial score (nSPS) is 13.3. The Labute approximate surface area is 198 Å². The third-order valence-corrected chi connectivity index (χ3v) is 7.34. The van der Waals surface area contributed by atoms with E-state index < -0.39 is 0 Å². The summed E-state index contributed by atoms with van der Waals surface area (Å²) in [6, 6.07) is 36.1. The van der Waals surface area contributed by atoms with Crippen LogP contribution in [0.5, 0.6) is 0 Å². The average Bonchev–Trinajstić information content (AvgIpc) is 3.19. The van der Waals surface area contributed by atoms with E-state index in [2.05, 4.69) is 135 Å². The van der Waals surface area contributed by atoms with Gasteiger partial charge in [-0.05, 0) is 71.5 Å². The smallest absolute Gasteiger partial charge is 0.0715 e. The highest BCUT2D eigenvalue weighted by atomic mass is 15.1. The summed E-state index contributed by atoms with van der Waals surface area (Å²) in [6.07, 6.45) is 0. The summed E-state index contributed by atoms with van der Waals surface area (Å²) in [5.41, 5.74) is 10.1. The average molecular weight is 433 g/mol. The molecule has 166 valence electrons. The Balaban J connectivity index is 1.88. The van der Waals surface area contributed by atoms with Gasteiger partial charge < -0.3 is 9.80 Å². The molecule has 0 saturated heterocycles. The Hall–Kier alpha value is -3.52. The Morgan fingerprint density at radius 1 is 0.545 bits per heavy atom. The quantitative estimate of drug-likeness (QED) is 0.286. The van der Waals surface area contributed by atoms with Crippen molar-refractivity contribution in [3.05, 3.63) is 119 Å². The second-order valence-electron chi connectivity index (χ2n) is 8.97. The molecule has 0 amide bonds. The SMILES string of the molecule is CCN(C)c1cccc(C2(c3cccc(N(C)CC)c3)c3ccccc3-c3ccccc32)c1. The van der Waals surface area contributed by atoms with E-state index in [-0.39, 0.29) is 5.41 Å². The maximum atomic E-state index is 2.39. The van der Waals surface area contributed by atoms with E-state index in [1.165, 1.54) is 44.8 Å². The zero-order valence-electron chi connectivity index (χ0n) is 20.0. The third kappa shape index (κ3) is 3.24. The maximum absolute atomic E-state index is 2.39. The van der Waals surface area contributed by atoms with Gasteiger partial charge in [0.25, 0.3) is 0 Å². The number of nitrogens with zero attached hydrogens (tertiary/aromatic N) is 2. The van der Waals surface area contributed by atoms with E-state index >= 15 is 0 Å². The monoisotopic (exact) mass is 432 g/mol. The summed E-state index contributed by atoms with van der Waals surface area (Å²) in [5, 5.41) is 0. The Morgan fingerprint density at radius 3 is 1.39 bits per heavy atom. The Bertz CT molecular complexity index is 1190. The van der Waals surface area contributed by atoms with Crippen molar-refractivity contribution in [2.24, 2.45) is 0 Å². The molecule has 5 rings (SSSR count). The lowest BCUT2D eigenvalue weighted by Crippen LogP contribution is -2.29. The van der Waals surface area contributed by atoms with Crippen molar-refractivity contribution in [2.45, 2.75) is 19.3 Å². The van der Waals surface area contributed by atoms with Gasteiger partial charge in [0.1, 0.15) is 0 Å². The fraction of sp³-hybridized carbons (Fsp3) is 0.226. The van der Waals surface area contributed by atoms with E-state index in [1.54, 1.807) is 0 Å². The molecule has 0 heterocycles. The van der Waals surface area contributed by atoms with Crippen LogP contribution < -0.4 is 9.80 Å². The molecule has 0 aliphatic heterocycles. The van der Waals surface area contributed by atoms with Crippen LogP contribution in [0, 0.1) is 0 Å². The van der Waals surface area contributed by atoms with Crippen LogP contribution >= 0.6 is 0 Å². The zero-order valence-corrected chi connectivity index (χ0v) is 20.0. The fourth-order valence-electron chi connectivity index (χ4n) is 5.34. The number of anilines is 2. The summed E-state index contributed by atoms with van der Waals surface area (Å²) >= 11 is 0. The Morgan fingerprint density at radius 2 is 0.970 bits per heavy atom. The van der Waals surface area contributed by atoms with Gasteiger partial charge in [-0.3, -0.25) is 0 Å². The molecule has 4 aromatic rings. The van der Waals surface area contributed by atoms with Gasteiger partial charge in [-0.15, -0.1) is 0 Å². The van der Waals surface area contributed by atoms with Crippen LogP contribution in [0.3, 0.4) is 0 Å². The fourth-order valence-corrected chi connectivity index (χ4v) is 5.34. The molecule has 0 N–H and O–H groups in total. The Kier molecular flexibility index (Phi) is 5.46. The molecule has 0 fully saturated rings. The molecule has 0 spiro atoms. The minimum absolute atomic E-state index is 0.359. The molecule has 33 heavy (non-hydrogen) atoms. The van der Waals surface area contributed by atoms with Crippen LogP contribution in [0.15, 0.2) is 97.1 Å². The van der Waals surface area contributed by atoms with Crippen molar-refractivity contribution in [1.82, 2.24) is 0 Å². The number of benzene rings is 4. The van der Waals surface area contributed by atoms with Gasteiger partial charge in [-0.1, -0.05) is 72.8 Å². The molecule has 0 radical (unpaired) electrons. The van der Waals surface area contributed by atoms with E-state index in [4.69, 9.17) is 0 Å². The summed E-state index contributed by atoms with van der Waals surface area (Å²) in [5.74, 6) is 0. The third-order valence-electron chi connectivity index (χ3n) is 7.34. The number of hydrogen-bond donors (Lipinski definition) is 0. The molecule has 0 atom stereocenters.